The molecule has 1 aliphatic rings. The summed E-state index contributed by atoms with van der Waals surface area (Å²) in [5, 5.41) is 9.96. The number of benzene rings is 1. The Morgan fingerprint density at radius 2 is 1.72 bits per heavy atom. The van der Waals surface area contributed by atoms with Gasteiger partial charge in [0.25, 0.3) is 0 Å². The highest BCUT2D eigenvalue weighted by atomic mass is 28.4. The second kappa shape index (κ2) is 8.38. The molecule has 6 heteroatoms. The van der Waals surface area contributed by atoms with Crippen LogP contribution in [0.25, 0.3) is 0 Å². The summed E-state index contributed by atoms with van der Waals surface area (Å²) >= 11 is 0. The van der Waals surface area contributed by atoms with Crippen molar-refractivity contribution in [3.63, 3.8) is 0 Å². The summed E-state index contributed by atoms with van der Waals surface area (Å²) in [7, 11) is -1.99. The first kappa shape index (κ1) is 23.9. The highest BCUT2D eigenvalue weighted by Gasteiger charge is 2.48. The molecule has 0 radical (unpaired) electrons. The minimum absolute atomic E-state index is 0.0134. The summed E-state index contributed by atoms with van der Waals surface area (Å²) < 4.78 is 20.1. The molecule has 29 heavy (non-hydrogen) atoms. The van der Waals surface area contributed by atoms with E-state index < -0.39 is 14.4 Å². The van der Waals surface area contributed by atoms with Crippen LogP contribution >= 0.6 is 0 Å². The summed E-state index contributed by atoms with van der Waals surface area (Å²) in [5.41, 5.74) is 0.827. The highest BCUT2D eigenvalue weighted by Crippen LogP contribution is 2.45. The molecule has 0 bridgehead atoms. The lowest BCUT2D eigenvalue weighted by atomic mass is 9.68. The van der Waals surface area contributed by atoms with Crippen LogP contribution in [0.5, 0.6) is 0 Å². The van der Waals surface area contributed by atoms with Gasteiger partial charge in [0.15, 0.2) is 8.32 Å². The fourth-order valence-electron chi connectivity index (χ4n) is 4.26. The lowest BCUT2D eigenvalue weighted by molar-refractivity contribution is -0.00644. The molecule has 1 N–H and O–H groups in total. The van der Waals surface area contributed by atoms with Crippen molar-refractivity contribution in [1.82, 2.24) is 4.90 Å². The molecule has 4 nitrogen and oxygen atoms in total. The van der Waals surface area contributed by atoms with Gasteiger partial charge in [0.05, 0.1) is 0 Å². The number of piperidine rings is 1. The van der Waals surface area contributed by atoms with E-state index in [1.807, 2.05) is 12.1 Å². The van der Waals surface area contributed by atoms with E-state index in [0.29, 0.717) is 13.2 Å². The highest BCUT2D eigenvalue weighted by molar-refractivity contribution is 6.74. The minimum Gasteiger partial charge on any atom is -0.465 e. The molecule has 1 unspecified atom stereocenters. The van der Waals surface area contributed by atoms with Gasteiger partial charge in [0.2, 0.25) is 0 Å². The molecule has 164 valence electrons. The fraction of sp³-hybridized carbons (Fsp3) is 0.696. The molecule has 1 heterocycles. The maximum absolute atomic E-state index is 13.5. The predicted molar refractivity (Wildman–Crippen MR) is 118 cm³/mol. The van der Waals surface area contributed by atoms with Crippen molar-refractivity contribution in [2.24, 2.45) is 11.3 Å². The van der Waals surface area contributed by atoms with Crippen molar-refractivity contribution in [2.45, 2.75) is 78.1 Å². The predicted octanol–water partition coefficient (Wildman–Crippen LogP) is 6.35. The maximum atomic E-state index is 13.5. The first-order valence-corrected chi connectivity index (χ1v) is 13.4. The van der Waals surface area contributed by atoms with Gasteiger partial charge in [-0.15, -0.1) is 0 Å². The van der Waals surface area contributed by atoms with E-state index in [4.69, 9.17) is 4.43 Å². The van der Waals surface area contributed by atoms with Crippen LogP contribution in [-0.2, 0) is 4.43 Å². The summed E-state index contributed by atoms with van der Waals surface area (Å²) in [6, 6.07) is 6.51. The number of hydrogen-bond acceptors (Lipinski definition) is 2. The first-order chi connectivity index (χ1) is 13.1. The van der Waals surface area contributed by atoms with E-state index in [-0.39, 0.29) is 34.1 Å². The fourth-order valence-corrected chi connectivity index (χ4v) is 5.30. The smallest absolute Gasteiger partial charge is 0.407 e. The second-order valence-corrected chi connectivity index (χ2v) is 15.8. The zero-order valence-electron chi connectivity index (χ0n) is 19.3. The SMILES string of the molecule is CC(C)(C)C1[C@@H](CO[Si](C)(C)C(C)(C)C)[C@H](c2ccc(F)cc2)CCN1C(=O)O. The summed E-state index contributed by atoms with van der Waals surface area (Å²) in [6.07, 6.45) is -0.157. The van der Waals surface area contributed by atoms with Crippen molar-refractivity contribution in [3.05, 3.63) is 35.6 Å². The largest absolute Gasteiger partial charge is 0.465 e. The topological polar surface area (TPSA) is 49.8 Å². The van der Waals surface area contributed by atoms with Crippen LogP contribution in [0.4, 0.5) is 9.18 Å². The normalized spacial score (nSPS) is 23.9. The standard InChI is InChI=1S/C23H38FNO3Si/c1-22(2,3)20-19(15-28-29(7,8)23(4,5)6)18(13-14-25(20)21(26)27)16-9-11-17(24)12-10-16/h9-12,18-20H,13-15H2,1-8H3,(H,26,27)/t18-,19-,20?/m0/s1. The van der Waals surface area contributed by atoms with Gasteiger partial charge in [0, 0.05) is 25.1 Å². The Hall–Kier alpha value is -1.40. The van der Waals surface area contributed by atoms with Crippen LogP contribution in [0.3, 0.4) is 0 Å². The number of halogens is 1. The van der Waals surface area contributed by atoms with Gasteiger partial charge in [-0.3, -0.25) is 0 Å². The molecular weight excluding hydrogens is 385 g/mol. The van der Waals surface area contributed by atoms with E-state index in [2.05, 4.69) is 54.6 Å². The monoisotopic (exact) mass is 423 g/mol. The lowest BCUT2D eigenvalue weighted by Gasteiger charge is -2.51. The third kappa shape index (κ3) is 5.40. The van der Waals surface area contributed by atoms with E-state index in [9.17, 15) is 14.3 Å². The summed E-state index contributed by atoms with van der Waals surface area (Å²) in [5.74, 6) is -0.0993. The van der Waals surface area contributed by atoms with E-state index >= 15 is 0 Å². The Morgan fingerprint density at radius 1 is 1.17 bits per heavy atom. The number of nitrogens with zero attached hydrogens (tertiary/aromatic N) is 1. The number of likely N-dealkylation sites (tertiary alicyclic amines) is 1. The maximum Gasteiger partial charge on any atom is 0.407 e. The first-order valence-electron chi connectivity index (χ1n) is 10.5. The zero-order chi connectivity index (χ0) is 22.2. The van der Waals surface area contributed by atoms with Crippen LogP contribution < -0.4 is 0 Å². The number of hydrogen-bond donors (Lipinski definition) is 1. The molecule has 0 aliphatic carbocycles. The van der Waals surface area contributed by atoms with Gasteiger partial charge in [-0.1, -0.05) is 53.7 Å². The number of carboxylic acid groups (broad SMARTS) is 1. The van der Waals surface area contributed by atoms with Crippen LogP contribution in [0.2, 0.25) is 18.1 Å². The molecular formula is C23H38FNO3Si. The van der Waals surface area contributed by atoms with Crippen LogP contribution in [0.15, 0.2) is 24.3 Å². The summed E-state index contributed by atoms with van der Waals surface area (Å²) in [4.78, 5) is 13.6. The average molecular weight is 424 g/mol. The number of rotatable bonds is 4. The number of carbonyl (C=O) groups is 1. The van der Waals surface area contributed by atoms with E-state index in [1.165, 1.54) is 12.1 Å². The Kier molecular flexibility index (Phi) is 6.90. The van der Waals surface area contributed by atoms with Crippen molar-refractivity contribution < 1.29 is 18.7 Å². The molecule has 1 fully saturated rings. The Morgan fingerprint density at radius 3 is 2.17 bits per heavy atom. The van der Waals surface area contributed by atoms with Crippen molar-refractivity contribution >= 4 is 14.4 Å². The van der Waals surface area contributed by atoms with Gasteiger partial charge in [-0.2, -0.15) is 0 Å². The Labute approximate surface area is 176 Å². The molecule has 0 saturated carbocycles. The van der Waals surface area contributed by atoms with Gasteiger partial charge in [-0.25, -0.2) is 9.18 Å². The van der Waals surface area contributed by atoms with Crippen molar-refractivity contribution in [1.29, 1.82) is 0 Å². The molecule has 1 aromatic carbocycles. The van der Waals surface area contributed by atoms with Gasteiger partial charge in [0.1, 0.15) is 5.82 Å². The van der Waals surface area contributed by atoms with Crippen LogP contribution in [-0.4, -0.2) is 43.6 Å². The lowest BCUT2D eigenvalue weighted by Crippen LogP contribution is -2.58. The van der Waals surface area contributed by atoms with Crippen LogP contribution in [0.1, 0.15) is 59.4 Å². The Balaban J connectivity index is 2.44. The van der Waals surface area contributed by atoms with Gasteiger partial charge < -0.3 is 14.4 Å². The molecule has 1 aromatic rings. The molecule has 3 atom stereocenters. The molecule has 2 rings (SSSR count). The molecule has 0 aromatic heterocycles. The number of amides is 1. The van der Waals surface area contributed by atoms with E-state index in [1.54, 1.807) is 4.90 Å². The zero-order valence-corrected chi connectivity index (χ0v) is 20.3. The van der Waals surface area contributed by atoms with Crippen molar-refractivity contribution in [2.75, 3.05) is 13.2 Å². The summed E-state index contributed by atoms with van der Waals surface area (Å²) in [6.45, 7) is 18.4. The van der Waals surface area contributed by atoms with Crippen LogP contribution in [0, 0.1) is 17.2 Å². The third-order valence-electron chi connectivity index (χ3n) is 6.81. The minimum atomic E-state index is -1.99. The van der Waals surface area contributed by atoms with Crippen molar-refractivity contribution in [3.8, 4) is 0 Å². The van der Waals surface area contributed by atoms with E-state index in [0.717, 1.165) is 12.0 Å². The molecule has 1 aliphatic heterocycles. The third-order valence-corrected chi connectivity index (χ3v) is 11.3. The molecule has 1 amide bonds. The second-order valence-electron chi connectivity index (χ2n) is 11.0. The van der Waals surface area contributed by atoms with Gasteiger partial charge >= 0.3 is 6.09 Å². The average Bonchev–Trinajstić information content (AvgIpc) is 2.58. The quantitative estimate of drug-likeness (QED) is 0.574. The Bertz CT molecular complexity index is 706. The van der Waals surface area contributed by atoms with Gasteiger partial charge in [-0.05, 0) is 53.6 Å². The molecule has 0 spiro atoms. The molecule has 1 saturated heterocycles.